The molecule has 19 heavy (non-hydrogen) atoms. The van der Waals surface area contributed by atoms with Crippen LogP contribution < -0.4 is 5.32 Å². The van der Waals surface area contributed by atoms with Crippen molar-refractivity contribution in [3.8, 4) is 0 Å². The van der Waals surface area contributed by atoms with E-state index in [4.69, 9.17) is 0 Å². The summed E-state index contributed by atoms with van der Waals surface area (Å²) in [6.07, 6.45) is 0. The number of benzene rings is 1. The first-order valence-electron chi connectivity index (χ1n) is 6.22. The average Bonchev–Trinajstić information content (AvgIpc) is 2.33. The van der Waals surface area contributed by atoms with Gasteiger partial charge in [0.15, 0.2) is 0 Å². The van der Waals surface area contributed by atoms with Gasteiger partial charge in [-0.05, 0) is 32.0 Å². The highest BCUT2D eigenvalue weighted by Gasteiger charge is 2.12. The summed E-state index contributed by atoms with van der Waals surface area (Å²) in [5.41, 5.74) is 0.605. The van der Waals surface area contributed by atoms with E-state index < -0.39 is 0 Å². The quantitative estimate of drug-likeness (QED) is 0.903. The van der Waals surface area contributed by atoms with Crippen LogP contribution in [0.2, 0.25) is 0 Å². The second-order valence-electron chi connectivity index (χ2n) is 4.57. The molecule has 0 aliphatic carbocycles. The Bertz CT molecular complexity index is 461. The van der Waals surface area contributed by atoms with Crippen molar-refractivity contribution in [3.63, 3.8) is 0 Å². The van der Waals surface area contributed by atoms with Gasteiger partial charge in [0.2, 0.25) is 5.91 Å². The van der Waals surface area contributed by atoms with E-state index in [1.54, 1.807) is 17.0 Å². The van der Waals surface area contributed by atoms with E-state index in [2.05, 4.69) is 21.2 Å². The molecule has 0 unspecified atom stereocenters. The average molecular weight is 327 g/mol. The van der Waals surface area contributed by atoms with Crippen molar-refractivity contribution in [2.75, 3.05) is 13.1 Å². The van der Waals surface area contributed by atoms with Gasteiger partial charge >= 0.3 is 0 Å². The molecule has 0 aliphatic heterocycles. The molecule has 0 saturated heterocycles. The maximum atomic E-state index is 11.9. The summed E-state index contributed by atoms with van der Waals surface area (Å²) in [7, 11) is 0. The van der Waals surface area contributed by atoms with Gasteiger partial charge in [0.25, 0.3) is 5.91 Å². The minimum atomic E-state index is -0.131. The number of hydrogen-bond donors (Lipinski definition) is 1. The van der Waals surface area contributed by atoms with Crippen molar-refractivity contribution in [1.82, 2.24) is 10.2 Å². The first-order chi connectivity index (χ1) is 8.91. The fourth-order valence-electron chi connectivity index (χ4n) is 1.80. The molecule has 4 nitrogen and oxygen atoms in total. The summed E-state index contributed by atoms with van der Waals surface area (Å²) in [5.74, 6) is -0.111. The highest BCUT2D eigenvalue weighted by Crippen LogP contribution is 2.11. The number of amides is 2. The van der Waals surface area contributed by atoms with Gasteiger partial charge in [-0.1, -0.05) is 22.0 Å². The Hall–Kier alpha value is -1.36. The molecule has 0 aliphatic rings. The maximum Gasteiger partial charge on any atom is 0.251 e. The number of nitrogens with one attached hydrogen (secondary N) is 1. The van der Waals surface area contributed by atoms with Crippen molar-refractivity contribution < 1.29 is 9.59 Å². The van der Waals surface area contributed by atoms with Crippen LogP contribution in [0.5, 0.6) is 0 Å². The molecule has 0 atom stereocenters. The van der Waals surface area contributed by atoms with Gasteiger partial charge < -0.3 is 10.2 Å². The molecule has 0 bridgehead atoms. The molecule has 0 spiro atoms. The Labute approximate surface area is 122 Å². The molecular weight excluding hydrogens is 308 g/mol. The third-order valence-electron chi connectivity index (χ3n) is 2.75. The Morgan fingerprint density at radius 3 is 2.58 bits per heavy atom. The van der Waals surface area contributed by atoms with E-state index >= 15 is 0 Å². The van der Waals surface area contributed by atoms with Crippen LogP contribution in [0, 0.1) is 0 Å². The molecule has 1 N–H and O–H groups in total. The zero-order valence-corrected chi connectivity index (χ0v) is 13.0. The normalized spacial score (nSPS) is 10.4. The zero-order valence-electron chi connectivity index (χ0n) is 11.4. The number of rotatable bonds is 5. The largest absolute Gasteiger partial charge is 0.350 e. The van der Waals surface area contributed by atoms with Crippen LogP contribution in [-0.4, -0.2) is 35.8 Å². The fraction of sp³-hybridized carbons (Fsp3) is 0.429. The minimum absolute atomic E-state index is 0.0201. The Kier molecular flexibility index (Phi) is 6.02. The van der Waals surface area contributed by atoms with Gasteiger partial charge in [-0.25, -0.2) is 0 Å². The van der Waals surface area contributed by atoms with Gasteiger partial charge in [-0.15, -0.1) is 0 Å². The SMILES string of the molecule is CC(=O)N(CCNC(=O)c1cccc(Br)c1)C(C)C. The Morgan fingerprint density at radius 2 is 2.05 bits per heavy atom. The summed E-state index contributed by atoms with van der Waals surface area (Å²) >= 11 is 3.33. The van der Waals surface area contributed by atoms with Crippen LogP contribution in [0.1, 0.15) is 31.1 Å². The highest BCUT2D eigenvalue weighted by molar-refractivity contribution is 9.10. The molecular formula is C14H19BrN2O2. The van der Waals surface area contributed by atoms with Crippen LogP contribution in [0.4, 0.5) is 0 Å². The highest BCUT2D eigenvalue weighted by atomic mass is 79.9. The summed E-state index contributed by atoms with van der Waals surface area (Å²) in [4.78, 5) is 25.0. The topological polar surface area (TPSA) is 49.4 Å². The molecule has 1 aromatic rings. The van der Waals surface area contributed by atoms with Crippen LogP contribution in [0.3, 0.4) is 0 Å². The molecule has 0 heterocycles. The second-order valence-corrected chi connectivity index (χ2v) is 5.49. The number of nitrogens with zero attached hydrogens (tertiary/aromatic N) is 1. The first-order valence-corrected chi connectivity index (χ1v) is 7.02. The second kappa shape index (κ2) is 7.28. The van der Waals surface area contributed by atoms with Crippen molar-refractivity contribution in [1.29, 1.82) is 0 Å². The predicted molar refractivity (Wildman–Crippen MR) is 79.0 cm³/mol. The number of carbonyl (C=O) groups excluding carboxylic acids is 2. The minimum Gasteiger partial charge on any atom is -0.350 e. The summed E-state index contributed by atoms with van der Waals surface area (Å²) in [6.45, 7) is 6.42. The molecule has 2 amide bonds. The van der Waals surface area contributed by atoms with Gasteiger partial charge in [-0.3, -0.25) is 9.59 Å². The van der Waals surface area contributed by atoms with Gasteiger partial charge in [0.05, 0.1) is 0 Å². The van der Waals surface area contributed by atoms with E-state index in [1.807, 2.05) is 26.0 Å². The molecule has 0 saturated carbocycles. The lowest BCUT2D eigenvalue weighted by atomic mass is 10.2. The lowest BCUT2D eigenvalue weighted by Crippen LogP contribution is -2.41. The van der Waals surface area contributed by atoms with Crippen molar-refractivity contribution in [2.24, 2.45) is 0 Å². The lowest BCUT2D eigenvalue weighted by molar-refractivity contribution is -0.130. The van der Waals surface area contributed by atoms with Gasteiger partial charge in [0, 0.05) is 36.1 Å². The van der Waals surface area contributed by atoms with Gasteiger partial charge in [-0.2, -0.15) is 0 Å². The Balaban J connectivity index is 2.49. The molecule has 104 valence electrons. The third-order valence-corrected chi connectivity index (χ3v) is 3.25. The van der Waals surface area contributed by atoms with E-state index in [1.165, 1.54) is 6.92 Å². The molecule has 5 heteroatoms. The molecule has 1 aromatic carbocycles. The number of carbonyl (C=O) groups is 2. The van der Waals surface area contributed by atoms with Crippen molar-refractivity contribution in [3.05, 3.63) is 34.3 Å². The molecule has 0 aromatic heterocycles. The molecule has 0 fully saturated rings. The summed E-state index contributed by atoms with van der Waals surface area (Å²) in [5, 5.41) is 2.81. The fourth-order valence-corrected chi connectivity index (χ4v) is 2.20. The van der Waals surface area contributed by atoms with Gasteiger partial charge in [0.1, 0.15) is 0 Å². The van der Waals surface area contributed by atoms with Crippen LogP contribution in [0.25, 0.3) is 0 Å². The van der Waals surface area contributed by atoms with E-state index in [0.717, 1.165) is 4.47 Å². The van der Waals surface area contributed by atoms with Crippen LogP contribution >= 0.6 is 15.9 Å². The lowest BCUT2D eigenvalue weighted by Gasteiger charge is -2.25. The Morgan fingerprint density at radius 1 is 1.37 bits per heavy atom. The summed E-state index contributed by atoms with van der Waals surface area (Å²) < 4.78 is 0.868. The van der Waals surface area contributed by atoms with Crippen LogP contribution in [0.15, 0.2) is 28.7 Å². The monoisotopic (exact) mass is 326 g/mol. The first kappa shape index (κ1) is 15.7. The van der Waals surface area contributed by atoms with Crippen LogP contribution in [-0.2, 0) is 4.79 Å². The van der Waals surface area contributed by atoms with Crippen molar-refractivity contribution in [2.45, 2.75) is 26.8 Å². The van der Waals surface area contributed by atoms with E-state index in [0.29, 0.717) is 18.7 Å². The maximum absolute atomic E-state index is 11.9. The summed E-state index contributed by atoms with van der Waals surface area (Å²) in [6, 6.07) is 7.34. The van der Waals surface area contributed by atoms with Crippen molar-refractivity contribution >= 4 is 27.7 Å². The molecule has 0 radical (unpaired) electrons. The zero-order chi connectivity index (χ0) is 14.4. The number of halogens is 1. The predicted octanol–water partition coefficient (Wildman–Crippen LogP) is 2.44. The van der Waals surface area contributed by atoms with E-state index in [-0.39, 0.29) is 17.9 Å². The standard InChI is InChI=1S/C14H19BrN2O2/c1-10(2)17(11(3)18)8-7-16-14(19)12-5-4-6-13(15)9-12/h4-6,9-10H,7-8H2,1-3H3,(H,16,19). The molecule has 1 rings (SSSR count). The van der Waals surface area contributed by atoms with E-state index in [9.17, 15) is 9.59 Å². The number of hydrogen-bond acceptors (Lipinski definition) is 2. The third kappa shape index (κ3) is 5.03. The smallest absolute Gasteiger partial charge is 0.251 e.